The molecule has 2 saturated heterocycles. The number of ether oxygens (including phenoxy) is 4. The summed E-state index contributed by atoms with van der Waals surface area (Å²) in [6, 6.07) is 10.8. The van der Waals surface area contributed by atoms with Crippen LogP contribution >= 0.6 is 11.3 Å². The second-order valence-corrected chi connectivity index (χ2v) is 13.4. The molecule has 2 N–H and O–H groups in total. The Balaban J connectivity index is 0.866. The Kier molecular flexibility index (Phi) is 16.0. The second-order valence-electron chi connectivity index (χ2n) is 12.4. The van der Waals surface area contributed by atoms with E-state index in [9.17, 15) is 9.59 Å². The number of carbonyl (C=O) groups is 2. The number of fused-ring (bicyclic) bond motifs is 1. The molecule has 3 aromatic rings. The largest absolute Gasteiger partial charge is 0.379 e. The van der Waals surface area contributed by atoms with Crippen molar-refractivity contribution in [3.05, 3.63) is 36.5 Å². The zero-order valence-corrected chi connectivity index (χ0v) is 30.2. The van der Waals surface area contributed by atoms with Crippen LogP contribution in [0.3, 0.4) is 0 Å². The molecule has 0 bridgehead atoms. The fourth-order valence-corrected chi connectivity index (χ4v) is 6.85. The van der Waals surface area contributed by atoms with Crippen LogP contribution in [0.4, 0.5) is 11.5 Å². The van der Waals surface area contributed by atoms with Gasteiger partial charge in [-0.2, -0.15) is 0 Å². The fourth-order valence-electron chi connectivity index (χ4n) is 5.87. The van der Waals surface area contributed by atoms with E-state index in [0.29, 0.717) is 78.8 Å². The first-order valence-corrected chi connectivity index (χ1v) is 18.8. The summed E-state index contributed by atoms with van der Waals surface area (Å²) in [6.07, 6.45) is 5.26. The summed E-state index contributed by atoms with van der Waals surface area (Å²) in [5.74, 6) is 1.09. The predicted octanol–water partition coefficient (Wildman–Crippen LogP) is 3.18. The molecule has 2 aliphatic heterocycles. The second kappa shape index (κ2) is 21.1. The number of rotatable bonds is 22. The summed E-state index contributed by atoms with van der Waals surface area (Å²) in [7, 11) is 0. The van der Waals surface area contributed by atoms with Crippen LogP contribution in [0, 0.1) is 0 Å². The van der Waals surface area contributed by atoms with E-state index in [0.717, 1.165) is 67.7 Å². The molecule has 13 nitrogen and oxygen atoms in total. The molecule has 0 unspecified atom stereocenters. The summed E-state index contributed by atoms with van der Waals surface area (Å²) in [5, 5.41) is 6.78. The van der Waals surface area contributed by atoms with Crippen LogP contribution in [-0.4, -0.2) is 138 Å². The number of benzene rings is 1. The number of aromatic nitrogens is 2. The molecule has 5 rings (SSSR count). The quantitative estimate of drug-likeness (QED) is 0.149. The maximum absolute atomic E-state index is 12.2. The summed E-state index contributed by atoms with van der Waals surface area (Å²) in [6.45, 7) is 13.4. The lowest BCUT2D eigenvalue weighted by molar-refractivity contribution is -0.122. The van der Waals surface area contributed by atoms with E-state index in [1.165, 1.54) is 23.2 Å². The molecule has 50 heavy (non-hydrogen) atoms. The van der Waals surface area contributed by atoms with Gasteiger partial charge in [0.05, 0.1) is 63.1 Å². The average Bonchev–Trinajstić information content (AvgIpc) is 3.84. The van der Waals surface area contributed by atoms with E-state index in [1.54, 1.807) is 11.3 Å². The third-order valence-electron chi connectivity index (χ3n) is 8.76. The Bertz CT molecular complexity index is 1440. The fraction of sp³-hybridized carbons (Fsp3) is 0.611. The summed E-state index contributed by atoms with van der Waals surface area (Å²) >= 11 is 1.72. The molecule has 0 saturated carbocycles. The van der Waals surface area contributed by atoms with Crippen LogP contribution in [0.1, 0.15) is 32.6 Å². The molecule has 0 spiro atoms. The number of carbonyl (C=O) groups excluding carboxylic acids is 2. The van der Waals surface area contributed by atoms with Crippen molar-refractivity contribution >= 4 is 44.9 Å². The van der Waals surface area contributed by atoms with E-state index >= 15 is 0 Å². The average molecular weight is 712 g/mol. The van der Waals surface area contributed by atoms with Crippen molar-refractivity contribution in [2.45, 2.75) is 32.6 Å². The minimum atomic E-state index is 0.00321. The lowest BCUT2D eigenvalue weighted by Crippen LogP contribution is -2.48. The number of nitrogens with one attached hydrogen (secondary N) is 2. The van der Waals surface area contributed by atoms with Gasteiger partial charge in [0.1, 0.15) is 10.8 Å². The number of piperazine rings is 1. The van der Waals surface area contributed by atoms with Gasteiger partial charge in [-0.25, -0.2) is 9.97 Å². The molecular formula is C36H53N7O6S. The Morgan fingerprint density at radius 1 is 0.760 bits per heavy atom. The van der Waals surface area contributed by atoms with Crippen molar-refractivity contribution < 1.29 is 28.5 Å². The molecule has 0 aliphatic carbocycles. The molecule has 4 heterocycles. The van der Waals surface area contributed by atoms with Crippen molar-refractivity contribution in [1.29, 1.82) is 0 Å². The van der Waals surface area contributed by atoms with E-state index in [1.807, 2.05) is 13.1 Å². The van der Waals surface area contributed by atoms with E-state index in [4.69, 9.17) is 28.9 Å². The maximum atomic E-state index is 12.2. The first-order valence-electron chi connectivity index (χ1n) is 18.0. The normalized spacial score (nSPS) is 15.2. The minimum absolute atomic E-state index is 0.00321. The number of amides is 2. The SMILES string of the molecule is CCC(=O)NCCOCCOCCOCCOCCC(=O)NCCN1CCN(c2ccc3nc(-c4ccc(N5CCCC5)nc4)sc3c2)CC1. The van der Waals surface area contributed by atoms with Crippen molar-refractivity contribution in [3.8, 4) is 10.6 Å². The molecule has 2 aromatic heterocycles. The Morgan fingerprint density at radius 3 is 2.12 bits per heavy atom. The first-order chi connectivity index (χ1) is 24.6. The third-order valence-corrected chi connectivity index (χ3v) is 9.83. The molecule has 2 aliphatic rings. The zero-order chi connectivity index (χ0) is 34.8. The lowest BCUT2D eigenvalue weighted by atomic mass is 10.2. The standard InChI is InChI=1S/C36H53N7O6S/c1-2-34(44)38-11-20-47-22-24-49-26-25-48-23-21-46-19-9-35(45)37-10-14-41-15-17-42(18-16-41)30-6-7-31-32(27-30)50-36(40-31)29-5-8-33(39-28-29)43-12-3-4-13-43/h5-8,27-28H,2-4,9-26H2,1H3,(H,37,45)(H,38,44). The van der Waals surface area contributed by atoms with Crippen molar-refractivity contribution in [3.63, 3.8) is 0 Å². The predicted molar refractivity (Wildman–Crippen MR) is 197 cm³/mol. The number of thiazole rings is 1. The molecular weight excluding hydrogens is 659 g/mol. The van der Waals surface area contributed by atoms with E-state index < -0.39 is 0 Å². The molecule has 274 valence electrons. The van der Waals surface area contributed by atoms with E-state index in [2.05, 4.69) is 55.7 Å². The first kappa shape index (κ1) is 37.8. The number of anilines is 2. The Labute approximate surface area is 299 Å². The van der Waals surface area contributed by atoms with Crippen LogP contribution in [0.15, 0.2) is 36.5 Å². The number of pyridine rings is 1. The number of nitrogens with zero attached hydrogens (tertiary/aromatic N) is 5. The molecule has 14 heteroatoms. The maximum Gasteiger partial charge on any atom is 0.222 e. The van der Waals surface area contributed by atoms with Gasteiger partial charge in [-0.05, 0) is 43.2 Å². The highest BCUT2D eigenvalue weighted by Crippen LogP contribution is 2.33. The van der Waals surface area contributed by atoms with Crippen LogP contribution in [-0.2, 0) is 28.5 Å². The van der Waals surface area contributed by atoms with Gasteiger partial charge < -0.3 is 39.4 Å². The number of hydrogen-bond donors (Lipinski definition) is 2. The molecule has 1 aromatic carbocycles. The van der Waals surface area contributed by atoms with Gasteiger partial charge in [0.25, 0.3) is 0 Å². The van der Waals surface area contributed by atoms with Crippen LogP contribution in [0.5, 0.6) is 0 Å². The topological polar surface area (TPSA) is 131 Å². The third kappa shape index (κ3) is 12.4. The van der Waals surface area contributed by atoms with Crippen molar-refractivity contribution in [2.24, 2.45) is 0 Å². The van der Waals surface area contributed by atoms with Gasteiger partial charge in [0, 0.05) is 89.2 Å². The minimum Gasteiger partial charge on any atom is -0.379 e. The smallest absolute Gasteiger partial charge is 0.222 e. The highest BCUT2D eigenvalue weighted by Gasteiger charge is 2.19. The van der Waals surface area contributed by atoms with Gasteiger partial charge in [-0.15, -0.1) is 11.3 Å². The van der Waals surface area contributed by atoms with Gasteiger partial charge in [-0.3, -0.25) is 14.5 Å². The molecule has 2 amide bonds. The van der Waals surface area contributed by atoms with Crippen molar-refractivity contribution in [2.75, 3.05) is 122 Å². The summed E-state index contributed by atoms with van der Waals surface area (Å²) < 4.78 is 23.1. The zero-order valence-electron chi connectivity index (χ0n) is 29.4. The molecule has 0 radical (unpaired) electrons. The summed E-state index contributed by atoms with van der Waals surface area (Å²) in [5.41, 5.74) is 3.33. The Hall–Kier alpha value is -3.40. The molecule has 2 fully saturated rings. The van der Waals surface area contributed by atoms with Gasteiger partial charge in [0.15, 0.2) is 0 Å². The molecule has 0 atom stereocenters. The van der Waals surface area contributed by atoms with Crippen molar-refractivity contribution in [1.82, 2.24) is 25.5 Å². The van der Waals surface area contributed by atoms with Gasteiger partial charge in [0.2, 0.25) is 11.8 Å². The monoisotopic (exact) mass is 711 g/mol. The van der Waals surface area contributed by atoms with Crippen LogP contribution in [0.25, 0.3) is 20.8 Å². The summed E-state index contributed by atoms with van der Waals surface area (Å²) in [4.78, 5) is 40.2. The van der Waals surface area contributed by atoms with Gasteiger partial charge >= 0.3 is 0 Å². The highest BCUT2D eigenvalue weighted by atomic mass is 32.1. The number of hydrogen-bond acceptors (Lipinski definition) is 12. The van der Waals surface area contributed by atoms with Crippen LogP contribution in [0.2, 0.25) is 0 Å². The van der Waals surface area contributed by atoms with Crippen LogP contribution < -0.4 is 20.4 Å². The van der Waals surface area contributed by atoms with Gasteiger partial charge in [-0.1, -0.05) is 6.92 Å². The highest BCUT2D eigenvalue weighted by molar-refractivity contribution is 7.21. The van der Waals surface area contributed by atoms with E-state index in [-0.39, 0.29) is 11.8 Å². The Morgan fingerprint density at radius 2 is 1.44 bits per heavy atom. The lowest BCUT2D eigenvalue weighted by Gasteiger charge is -2.36.